The molecule has 2 heterocycles. The van der Waals surface area contributed by atoms with Crippen LogP contribution in [0.25, 0.3) is 16.4 Å². The lowest BCUT2D eigenvalue weighted by Gasteiger charge is -1.96. The number of nitrogens with zero attached hydrogens (tertiary/aromatic N) is 1. The van der Waals surface area contributed by atoms with Gasteiger partial charge >= 0.3 is 0 Å². The summed E-state index contributed by atoms with van der Waals surface area (Å²) in [5, 5.41) is 1.31. The molecule has 14 heavy (non-hydrogen) atoms. The third kappa shape index (κ3) is 0.956. The highest BCUT2D eigenvalue weighted by Gasteiger charge is 2.00. The molecule has 3 rings (SSSR count). The minimum atomic E-state index is 1.26. The number of aryl methyl sites for hydroxylation is 1. The number of rotatable bonds is 0. The van der Waals surface area contributed by atoms with E-state index in [0.29, 0.717) is 0 Å². The predicted octanol–water partition coefficient (Wildman–Crippen LogP) is 3.40. The molecular formula is C13H11N. The number of fused-ring (bicyclic) bond motifs is 3. The van der Waals surface area contributed by atoms with Gasteiger partial charge < -0.3 is 4.40 Å². The molecular weight excluding hydrogens is 170 g/mol. The van der Waals surface area contributed by atoms with E-state index >= 15 is 0 Å². The maximum Gasteiger partial charge on any atom is 0.0531 e. The summed E-state index contributed by atoms with van der Waals surface area (Å²) < 4.78 is 2.22. The molecule has 0 saturated heterocycles. The Hall–Kier alpha value is -1.76. The van der Waals surface area contributed by atoms with Gasteiger partial charge in [-0.1, -0.05) is 18.2 Å². The average Bonchev–Trinajstić information content (AvgIpc) is 2.56. The van der Waals surface area contributed by atoms with Crippen molar-refractivity contribution in [3.63, 3.8) is 0 Å². The first-order valence-corrected chi connectivity index (χ1v) is 4.81. The summed E-state index contributed by atoms with van der Waals surface area (Å²) in [7, 11) is 0. The van der Waals surface area contributed by atoms with Crippen LogP contribution in [0.4, 0.5) is 0 Å². The summed E-state index contributed by atoms with van der Waals surface area (Å²) in [4.78, 5) is 0. The molecule has 0 bridgehead atoms. The van der Waals surface area contributed by atoms with Gasteiger partial charge in [-0.15, -0.1) is 0 Å². The molecule has 0 saturated carbocycles. The third-order valence-corrected chi connectivity index (χ3v) is 2.64. The van der Waals surface area contributed by atoms with E-state index < -0.39 is 0 Å². The second-order valence-corrected chi connectivity index (χ2v) is 3.70. The van der Waals surface area contributed by atoms with Crippen molar-refractivity contribution < 1.29 is 0 Å². The Kier molecular flexibility index (Phi) is 1.42. The van der Waals surface area contributed by atoms with Gasteiger partial charge in [0.25, 0.3) is 0 Å². The van der Waals surface area contributed by atoms with Crippen molar-refractivity contribution in [2.24, 2.45) is 0 Å². The molecule has 0 unspecified atom stereocenters. The molecule has 1 heteroatoms. The van der Waals surface area contributed by atoms with Crippen LogP contribution in [-0.4, -0.2) is 4.40 Å². The van der Waals surface area contributed by atoms with Crippen molar-refractivity contribution in [3.8, 4) is 0 Å². The van der Waals surface area contributed by atoms with Gasteiger partial charge in [0.15, 0.2) is 0 Å². The van der Waals surface area contributed by atoms with Crippen molar-refractivity contribution in [1.29, 1.82) is 0 Å². The van der Waals surface area contributed by atoms with Crippen LogP contribution in [0.3, 0.4) is 0 Å². The first-order chi connectivity index (χ1) is 6.84. The molecule has 1 aromatic carbocycles. The standard InChI is InChI=1S/C13H11N/c1-10-5-6-11-9-12-4-2-3-7-14(12)13(11)8-10/h2-9H,1H3. The zero-order valence-electron chi connectivity index (χ0n) is 8.07. The molecule has 0 spiro atoms. The summed E-state index contributed by atoms with van der Waals surface area (Å²) in [5.74, 6) is 0. The quantitative estimate of drug-likeness (QED) is 0.500. The molecule has 0 amide bonds. The number of pyridine rings is 1. The fraction of sp³-hybridized carbons (Fsp3) is 0.0769. The summed E-state index contributed by atoms with van der Waals surface area (Å²) in [6.45, 7) is 2.13. The van der Waals surface area contributed by atoms with Gasteiger partial charge in [-0.3, -0.25) is 0 Å². The number of aromatic nitrogens is 1. The molecule has 0 aliphatic carbocycles. The van der Waals surface area contributed by atoms with Gasteiger partial charge in [-0.25, -0.2) is 0 Å². The van der Waals surface area contributed by atoms with Crippen molar-refractivity contribution in [2.75, 3.05) is 0 Å². The highest BCUT2D eigenvalue weighted by atomic mass is 14.9. The summed E-state index contributed by atoms with van der Waals surface area (Å²) in [5.41, 5.74) is 3.86. The van der Waals surface area contributed by atoms with Crippen LogP contribution in [0.15, 0.2) is 48.7 Å². The summed E-state index contributed by atoms with van der Waals surface area (Å²) >= 11 is 0. The minimum absolute atomic E-state index is 1.26. The van der Waals surface area contributed by atoms with E-state index in [0.717, 1.165) is 0 Å². The normalized spacial score (nSPS) is 11.2. The average molecular weight is 181 g/mol. The van der Waals surface area contributed by atoms with E-state index in [9.17, 15) is 0 Å². The second kappa shape index (κ2) is 2.61. The molecule has 3 aromatic rings. The van der Waals surface area contributed by atoms with Gasteiger partial charge in [0.1, 0.15) is 0 Å². The van der Waals surface area contributed by atoms with E-state index in [1.54, 1.807) is 0 Å². The summed E-state index contributed by atoms with van der Waals surface area (Å²) in [6.07, 6.45) is 2.11. The molecule has 2 aromatic heterocycles. The molecule has 0 aliphatic rings. The molecule has 0 N–H and O–H groups in total. The van der Waals surface area contributed by atoms with Crippen molar-refractivity contribution >= 4 is 16.4 Å². The Balaban J connectivity index is 2.58. The largest absolute Gasteiger partial charge is 0.317 e. The van der Waals surface area contributed by atoms with E-state index in [-0.39, 0.29) is 0 Å². The Morgan fingerprint density at radius 3 is 2.86 bits per heavy atom. The van der Waals surface area contributed by atoms with Crippen LogP contribution in [0.2, 0.25) is 0 Å². The predicted molar refractivity (Wildman–Crippen MR) is 59.6 cm³/mol. The lowest BCUT2D eigenvalue weighted by molar-refractivity contribution is 1.25. The zero-order valence-corrected chi connectivity index (χ0v) is 8.07. The van der Waals surface area contributed by atoms with E-state index in [1.165, 1.54) is 22.0 Å². The van der Waals surface area contributed by atoms with E-state index in [1.807, 2.05) is 0 Å². The van der Waals surface area contributed by atoms with Crippen LogP contribution < -0.4 is 0 Å². The Bertz CT molecular complexity index is 605. The molecule has 0 atom stereocenters. The number of hydrogen-bond donors (Lipinski definition) is 0. The van der Waals surface area contributed by atoms with Crippen LogP contribution >= 0.6 is 0 Å². The lowest BCUT2D eigenvalue weighted by Crippen LogP contribution is -1.81. The van der Waals surface area contributed by atoms with Gasteiger partial charge in [-0.2, -0.15) is 0 Å². The number of hydrogen-bond acceptors (Lipinski definition) is 0. The van der Waals surface area contributed by atoms with E-state index in [4.69, 9.17) is 0 Å². The Labute approximate surface area is 82.6 Å². The van der Waals surface area contributed by atoms with Crippen molar-refractivity contribution in [3.05, 3.63) is 54.2 Å². The van der Waals surface area contributed by atoms with Crippen LogP contribution in [-0.2, 0) is 0 Å². The maximum absolute atomic E-state index is 2.22. The Morgan fingerprint density at radius 2 is 1.93 bits per heavy atom. The fourth-order valence-electron chi connectivity index (χ4n) is 1.94. The first kappa shape index (κ1) is 7.63. The van der Waals surface area contributed by atoms with Crippen molar-refractivity contribution in [2.45, 2.75) is 6.92 Å². The van der Waals surface area contributed by atoms with Gasteiger partial charge in [0, 0.05) is 17.1 Å². The topological polar surface area (TPSA) is 4.41 Å². The molecule has 0 radical (unpaired) electrons. The third-order valence-electron chi connectivity index (χ3n) is 2.64. The van der Waals surface area contributed by atoms with Crippen molar-refractivity contribution in [1.82, 2.24) is 4.40 Å². The lowest BCUT2D eigenvalue weighted by atomic mass is 10.2. The zero-order chi connectivity index (χ0) is 9.54. The van der Waals surface area contributed by atoms with Crippen LogP contribution in [0.5, 0.6) is 0 Å². The van der Waals surface area contributed by atoms with Crippen LogP contribution in [0.1, 0.15) is 5.56 Å². The van der Waals surface area contributed by atoms with Crippen LogP contribution in [0, 0.1) is 6.92 Å². The SMILES string of the molecule is Cc1ccc2cc3ccccn3c2c1. The maximum atomic E-state index is 2.22. The highest BCUT2D eigenvalue weighted by Crippen LogP contribution is 2.20. The van der Waals surface area contributed by atoms with Gasteiger partial charge in [-0.05, 0) is 36.8 Å². The monoisotopic (exact) mass is 181 g/mol. The molecule has 68 valence electrons. The molecule has 0 aliphatic heterocycles. The molecule has 1 nitrogen and oxygen atoms in total. The fourth-order valence-corrected chi connectivity index (χ4v) is 1.94. The first-order valence-electron chi connectivity index (χ1n) is 4.81. The van der Waals surface area contributed by atoms with Gasteiger partial charge in [0.05, 0.1) is 5.52 Å². The Morgan fingerprint density at radius 1 is 1.00 bits per heavy atom. The highest BCUT2D eigenvalue weighted by molar-refractivity contribution is 5.87. The minimum Gasteiger partial charge on any atom is -0.317 e. The molecule has 0 fully saturated rings. The second-order valence-electron chi connectivity index (χ2n) is 3.70. The van der Waals surface area contributed by atoms with Gasteiger partial charge in [0.2, 0.25) is 0 Å². The van der Waals surface area contributed by atoms with E-state index in [2.05, 4.69) is 60.0 Å². The number of benzene rings is 1. The summed E-state index contributed by atoms with van der Waals surface area (Å²) in [6, 6.07) is 15.0. The smallest absolute Gasteiger partial charge is 0.0531 e.